The molecule has 0 N–H and O–H groups in total. The first kappa shape index (κ1) is 17.4. The van der Waals surface area contributed by atoms with Crippen LogP contribution in [0.2, 0.25) is 0 Å². The number of hydrogen-bond acceptors (Lipinski definition) is 5. The number of aromatic nitrogens is 2. The molecule has 0 saturated carbocycles. The molecule has 0 aliphatic heterocycles. The highest BCUT2D eigenvalue weighted by Crippen LogP contribution is 2.20. The maximum atomic E-state index is 12.7. The lowest BCUT2D eigenvalue weighted by atomic mass is 10.2. The van der Waals surface area contributed by atoms with Gasteiger partial charge in [0.05, 0.1) is 7.11 Å². The number of benzene rings is 2. The average Bonchev–Trinajstić information content (AvgIpc) is 3.16. The minimum absolute atomic E-state index is 0.116. The first-order chi connectivity index (χ1) is 12.7. The van der Waals surface area contributed by atoms with E-state index in [0.29, 0.717) is 23.8 Å². The highest BCUT2D eigenvalue weighted by molar-refractivity contribution is 5.94. The molecule has 1 amide bonds. The third-order valence-electron chi connectivity index (χ3n) is 3.80. The van der Waals surface area contributed by atoms with Crippen molar-refractivity contribution in [3.63, 3.8) is 0 Å². The van der Waals surface area contributed by atoms with Gasteiger partial charge in [-0.1, -0.05) is 29.4 Å². The fourth-order valence-electron chi connectivity index (χ4n) is 2.48. The summed E-state index contributed by atoms with van der Waals surface area (Å²) in [7, 11) is 1.61. The predicted octanol–water partition coefficient (Wildman–Crippen LogP) is 3.57. The van der Waals surface area contributed by atoms with Crippen LogP contribution in [0.1, 0.15) is 16.2 Å². The standard InChI is InChI=1S/C20H19N3O3/c1-3-13-23(20(24)16-7-5-4-6-8-16)14-18-21-19(22-26-18)15-9-11-17(25-2)12-10-15/h3-12H,1,13-14H2,2H3. The summed E-state index contributed by atoms with van der Waals surface area (Å²) in [6.45, 7) is 4.31. The van der Waals surface area contributed by atoms with Crippen LogP contribution in [0.4, 0.5) is 0 Å². The molecule has 0 spiro atoms. The first-order valence-electron chi connectivity index (χ1n) is 8.13. The van der Waals surface area contributed by atoms with Crippen molar-refractivity contribution in [3.8, 4) is 17.1 Å². The van der Waals surface area contributed by atoms with Crippen molar-refractivity contribution in [2.24, 2.45) is 0 Å². The van der Waals surface area contributed by atoms with Crippen molar-refractivity contribution in [2.75, 3.05) is 13.7 Å². The fraction of sp³-hybridized carbons (Fsp3) is 0.150. The number of amides is 1. The zero-order valence-electron chi connectivity index (χ0n) is 14.5. The Balaban J connectivity index is 1.76. The molecule has 6 heteroatoms. The number of rotatable bonds is 7. The number of carbonyl (C=O) groups is 1. The number of carbonyl (C=O) groups excluding carboxylic acids is 1. The van der Waals surface area contributed by atoms with Gasteiger partial charge in [0.25, 0.3) is 5.91 Å². The van der Waals surface area contributed by atoms with E-state index in [1.807, 2.05) is 42.5 Å². The van der Waals surface area contributed by atoms with Gasteiger partial charge < -0.3 is 14.2 Å². The summed E-state index contributed by atoms with van der Waals surface area (Å²) < 4.78 is 10.5. The summed E-state index contributed by atoms with van der Waals surface area (Å²) in [4.78, 5) is 18.7. The Labute approximate surface area is 151 Å². The molecule has 2 aromatic carbocycles. The van der Waals surface area contributed by atoms with Crippen LogP contribution in [0, 0.1) is 0 Å². The monoisotopic (exact) mass is 349 g/mol. The average molecular weight is 349 g/mol. The van der Waals surface area contributed by atoms with Gasteiger partial charge in [-0.15, -0.1) is 6.58 Å². The lowest BCUT2D eigenvalue weighted by molar-refractivity contribution is 0.0745. The molecule has 0 unspecified atom stereocenters. The maximum Gasteiger partial charge on any atom is 0.254 e. The molecule has 1 heterocycles. The third kappa shape index (κ3) is 3.97. The van der Waals surface area contributed by atoms with E-state index in [2.05, 4.69) is 16.7 Å². The van der Waals surface area contributed by atoms with Crippen molar-refractivity contribution in [2.45, 2.75) is 6.54 Å². The summed E-state index contributed by atoms with van der Waals surface area (Å²) in [6.07, 6.45) is 1.67. The maximum absolute atomic E-state index is 12.7. The Kier molecular flexibility index (Phi) is 5.43. The zero-order chi connectivity index (χ0) is 18.4. The van der Waals surface area contributed by atoms with Crippen LogP contribution in [-0.2, 0) is 6.54 Å². The second kappa shape index (κ2) is 8.11. The van der Waals surface area contributed by atoms with Gasteiger partial charge in [-0.05, 0) is 36.4 Å². The molecule has 0 bridgehead atoms. The van der Waals surface area contributed by atoms with Crippen LogP contribution in [-0.4, -0.2) is 34.6 Å². The van der Waals surface area contributed by atoms with E-state index in [1.54, 1.807) is 30.2 Å². The Morgan fingerprint density at radius 2 is 1.92 bits per heavy atom. The molecule has 0 radical (unpaired) electrons. The first-order valence-corrected chi connectivity index (χ1v) is 8.13. The van der Waals surface area contributed by atoms with Gasteiger partial charge >= 0.3 is 0 Å². The van der Waals surface area contributed by atoms with Crippen LogP contribution < -0.4 is 4.74 Å². The molecule has 3 rings (SSSR count). The summed E-state index contributed by atoms with van der Waals surface area (Å²) in [5, 5.41) is 4.00. The van der Waals surface area contributed by atoms with Crippen molar-refractivity contribution in [3.05, 3.63) is 78.7 Å². The molecule has 132 valence electrons. The summed E-state index contributed by atoms with van der Waals surface area (Å²) in [5.74, 6) is 1.47. The summed E-state index contributed by atoms with van der Waals surface area (Å²) in [6, 6.07) is 16.4. The van der Waals surface area contributed by atoms with Gasteiger partial charge in [0.1, 0.15) is 12.3 Å². The zero-order valence-corrected chi connectivity index (χ0v) is 14.5. The van der Waals surface area contributed by atoms with Crippen molar-refractivity contribution in [1.29, 1.82) is 0 Å². The van der Waals surface area contributed by atoms with Crippen LogP contribution >= 0.6 is 0 Å². The molecule has 0 aliphatic carbocycles. The second-order valence-corrected chi connectivity index (χ2v) is 5.58. The van der Waals surface area contributed by atoms with Gasteiger partial charge in [-0.3, -0.25) is 4.79 Å². The van der Waals surface area contributed by atoms with Crippen LogP contribution in [0.15, 0.2) is 71.8 Å². The predicted molar refractivity (Wildman–Crippen MR) is 97.7 cm³/mol. The fourth-order valence-corrected chi connectivity index (χ4v) is 2.48. The van der Waals surface area contributed by atoms with E-state index in [9.17, 15) is 4.79 Å². The normalized spacial score (nSPS) is 10.3. The van der Waals surface area contributed by atoms with E-state index in [4.69, 9.17) is 9.26 Å². The highest BCUT2D eigenvalue weighted by atomic mass is 16.5. The molecule has 3 aromatic rings. The molecule has 1 aromatic heterocycles. The van der Waals surface area contributed by atoms with Crippen molar-refractivity contribution in [1.82, 2.24) is 15.0 Å². The minimum Gasteiger partial charge on any atom is -0.497 e. The third-order valence-corrected chi connectivity index (χ3v) is 3.80. The van der Waals surface area contributed by atoms with Crippen LogP contribution in [0.25, 0.3) is 11.4 Å². The molecule has 0 aliphatic rings. The van der Waals surface area contributed by atoms with E-state index >= 15 is 0 Å². The second-order valence-electron chi connectivity index (χ2n) is 5.58. The van der Waals surface area contributed by atoms with Gasteiger partial charge in [0.15, 0.2) is 0 Å². The molecule has 0 atom stereocenters. The Bertz CT molecular complexity index is 873. The minimum atomic E-state index is -0.116. The number of methoxy groups -OCH3 is 1. The van der Waals surface area contributed by atoms with Gasteiger partial charge in [0.2, 0.25) is 11.7 Å². The van der Waals surface area contributed by atoms with Crippen molar-refractivity contribution < 1.29 is 14.1 Å². The molecule has 26 heavy (non-hydrogen) atoms. The smallest absolute Gasteiger partial charge is 0.254 e. The number of nitrogens with zero attached hydrogens (tertiary/aromatic N) is 3. The van der Waals surface area contributed by atoms with E-state index < -0.39 is 0 Å². The largest absolute Gasteiger partial charge is 0.497 e. The molecule has 0 fully saturated rings. The highest BCUT2D eigenvalue weighted by Gasteiger charge is 2.18. The molecule has 0 saturated heterocycles. The molecular formula is C20H19N3O3. The van der Waals surface area contributed by atoms with Gasteiger partial charge in [-0.2, -0.15) is 4.98 Å². The van der Waals surface area contributed by atoms with E-state index in [0.717, 1.165) is 11.3 Å². The van der Waals surface area contributed by atoms with Crippen molar-refractivity contribution >= 4 is 5.91 Å². The lowest BCUT2D eigenvalue weighted by Gasteiger charge is -2.19. The van der Waals surface area contributed by atoms with Crippen LogP contribution in [0.3, 0.4) is 0 Å². The summed E-state index contributed by atoms with van der Waals surface area (Å²) in [5.41, 5.74) is 1.41. The number of hydrogen-bond donors (Lipinski definition) is 0. The Morgan fingerprint density at radius 1 is 1.19 bits per heavy atom. The topological polar surface area (TPSA) is 68.5 Å². The Hall–Kier alpha value is -3.41. The SMILES string of the molecule is C=CCN(Cc1nc(-c2ccc(OC)cc2)no1)C(=O)c1ccccc1. The van der Waals surface area contributed by atoms with E-state index in [1.165, 1.54) is 0 Å². The van der Waals surface area contributed by atoms with Gasteiger partial charge in [-0.25, -0.2) is 0 Å². The lowest BCUT2D eigenvalue weighted by Crippen LogP contribution is -2.30. The van der Waals surface area contributed by atoms with Crippen LogP contribution in [0.5, 0.6) is 5.75 Å². The van der Waals surface area contributed by atoms with E-state index in [-0.39, 0.29) is 12.5 Å². The molecule has 6 nitrogen and oxygen atoms in total. The Morgan fingerprint density at radius 3 is 2.58 bits per heavy atom. The quantitative estimate of drug-likeness (QED) is 0.610. The molecular weight excluding hydrogens is 330 g/mol. The summed E-state index contributed by atoms with van der Waals surface area (Å²) >= 11 is 0. The number of ether oxygens (including phenoxy) is 1. The van der Waals surface area contributed by atoms with Gasteiger partial charge in [0, 0.05) is 17.7 Å².